The van der Waals surface area contributed by atoms with E-state index in [2.05, 4.69) is 72.4 Å². The molecule has 0 saturated carbocycles. The van der Waals surface area contributed by atoms with Gasteiger partial charge < -0.3 is 28.4 Å². The first-order valence-electron chi connectivity index (χ1n) is 16.2. The highest BCUT2D eigenvalue weighted by Crippen LogP contribution is 2.44. The molecule has 8 heteroatoms. The highest BCUT2D eigenvalue weighted by molar-refractivity contribution is 5.54. The van der Waals surface area contributed by atoms with Crippen LogP contribution < -0.4 is 28.4 Å². The molecule has 0 amide bonds. The third-order valence-corrected chi connectivity index (χ3v) is 9.79. The van der Waals surface area contributed by atoms with Crippen molar-refractivity contribution in [3.63, 3.8) is 0 Å². The number of rotatable bonds is 11. The van der Waals surface area contributed by atoms with Crippen LogP contribution in [0, 0.1) is 0 Å². The number of hydrogen-bond acceptors (Lipinski definition) is 8. The maximum atomic E-state index is 6.71. The molecule has 2 aliphatic rings. The van der Waals surface area contributed by atoms with Crippen LogP contribution in [0.4, 0.5) is 0 Å². The van der Waals surface area contributed by atoms with Crippen LogP contribution in [0.5, 0.6) is 40.2 Å². The van der Waals surface area contributed by atoms with Crippen LogP contribution in [0.3, 0.4) is 0 Å². The van der Waals surface area contributed by atoms with Crippen molar-refractivity contribution in [2.45, 2.75) is 37.8 Å². The summed E-state index contributed by atoms with van der Waals surface area (Å²) in [5.41, 5.74) is 7.51. The molecule has 6 rings (SSSR count). The fourth-order valence-electron chi connectivity index (χ4n) is 7.01. The molecular formula is C39H46N2O6. The minimum atomic E-state index is 0.173. The second kappa shape index (κ2) is 14.2. The lowest BCUT2D eigenvalue weighted by molar-refractivity contribution is 0.227. The first-order chi connectivity index (χ1) is 22.8. The van der Waals surface area contributed by atoms with Gasteiger partial charge in [0.25, 0.3) is 0 Å². The summed E-state index contributed by atoms with van der Waals surface area (Å²) in [6.45, 7) is 1.94. The zero-order valence-electron chi connectivity index (χ0n) is 28.6. The summed E-state index contributed by atoms with van der Waals surface area (Å²) in [5.74, 6) is 5.10. The van der Waals surface area contributed by atoms with E-state index in [0.29, 0.717) is 23.0 Å². The Morgan fingerprint density at radius 2 is 0.979 bits per heavy atom. The average molecular weight is 639 g/mol. The lowest BCUT2D eigenvalue weighted by Gasteiger charge is -2.35. The SMILES string of the molecule is COc1ccc(C[C@@H]2c3cc(Oc4cc(C[C@@H]5c6cc(OC)c(OC)cc6CCN5C)ccc4OC)c(OC)cc3CCN2C)cc1. The predicted octanol–water partition coefficient (Wildman–Crippen LogP) is 7.07. The van der Waals surface area contributed by atoms with Crippen molar-refractivity contribution in [3.05, 3.63) is 100 Å². The monoisotopic (exact) mass is 638 g/mol. The molecule has 0 N–H and O–H groups in total. The molecule has 0 radical (unpaired) electrons. The third-order valence-electron chi connectivity index (χ3n) is 9.79. The van der Waals surface area contributed by atoms with Crippen molar-refractivity contribution in [3.8, 4) is 40.2 Å². The molecule has 0 saturated heterocycles. The number of fused-ring (bicyclic) bond motifs is 2. The van der Waals surface area contributed by atoms with Crippen molar-refractivity contribution >= 4 is 0 Å². The molecule has 0 spiro atoms. The molecule has 2 heterocycles. The van der Waals surface area contributed by atoms with Crippen molar-refractivity contribution in [2.24, 2.45) is 0 Å². The zero-order chi connectivity index (χ0) is 33.1. The Morgan fingerprint density at radius 3 is 1.53 bits per heavy atom. The van der Waals surface area contributed by atoms with Crippen molar-refractivity contribution in [1.29, 1.82) is 0 Å². The highest BCUT2D eigenvalue weighted by Gasteiger charge is 2.29. The second-order valence-corrected chi connectivity index (χ2v) is 12.4. The molecule has 0 unspecified atom stereocenters. The lowest BCUT2D eigenvalue weighted by Crippen LogP contribution is -2.33. The first-order valence-corrected chi connectivity index (χ1v) is 16.2. The largest absolute Gasteiger partial charge is 0.497 e. The van der Waals surface area contributed by atoms with Gasteiger partial charge in [-0.3, -0.25) is 9.80 Å². The van der Waals surface area contributed by atoms with Crippen molar-refractivity contribution < 1.29 is 28.4 Å². The van der Waals surface area contributed by atoms with E-state index >= 15 is 0 Å². The van der Waals surface area contributed by atoms with Gasteiger partial charge in [0.1, 0.15) is 5.75 Å². The summed E-state index contributed by atoms with van der Waals surface area (Å²) in [6.07, 6.45) is 3.60. The number of nitrogens with zero attached hydrogens (tertiary/aromatic N) is 2. The van der Waals surface area contributed by atoms with Crippen molar-refractivity contribution in [2.75, 3.05) is 62.7 Å². The number of ether oxygens (including phenoxy) is 6. The van der Waals surface area contributed by atoms with Crippen LogP contribution in [0.2, 0.25) is 0 Å². The highest BCUT2D eigenvalue weighted by atomic mass is 16.5. The van der Waals surface area contributed by atoms with Crippen LogP contribution >= 0.6 is 0 Å². The van der Waals surface area contributed by atoms with Crippen molar-refractivity contribution in [1.82, 2.24) is 9.80 Å². The van der Waals surface area contributed by atoms with Crippen LogP contribution in [0.15, 0.2) is 66.7 Å². The summed E-state index contributed by atoms with van der Waals surface area (Å²) in [4.78, 5) is 4.83. The summed E-state index contributed by atoms with van der Waals surface area (Å²) in [6, 6.07) is 23.5. The number of hydrogen-bond donors (Lipinski definition) is 0. The Kier molecular flexibility index (Phi) is 9.80. The van der Waals surface area contributed by atoms with Crippen LogP contribution in [-0.4, -0.2) is 72.5 Å². The molecule has 0 bridgehead atoms. The molecule has 2 aliphatic heterocycles. The van der Waals surface area contributed by atoms with Gasteiger partial charge in [-0.05, 0) is 122 Å². The second-order valence-electron chi connectivity index (χ2n) is 12.4. The van der Waals surface area contributed by atoms with Crippen LogP contribution in [0.1, 0.15) is 45.5 Å². The normalized spacial score (nSPS) is 17.8. The first kappa shape index (κ1) is 32.5. The molecule has 0 fully saturated rings. The summed E-state index contributed by atoms with van der Waals surface area (Å²) < 4.78 is 35.0. The quantitative estimate of drug-likeness (QED) is 0.173. The van der Waals surface area contributed by atoms with Gasteiger partial charge >= 0.3 is 0 Å². The minimum absolute atomic E-state index is 0.173. The van der Waals surface area contributed by atoms with Gasteiger partial charge in [0.05, 0.1) is 35.5 Å². The van der Waals surface area contributed by atoms with Gasteiger partial charge in [0.15, 0.2) is 34.5 Å². The molecule has 2 atom stereocenters. The average Bonchev–Trinajstić information content (AvgIpc) is 3.10. The molecular weight excluding hydrogens is 592 g/mol. The Morgan fingerprint density at radius 1 is 0.511 bits per heavy atom. The zero-order valence-corrected chi connectivity index (χ0v) is 28.6. The molecule has 4 aromatic carbocycles. The lowest BCUT2D eigenvalue weighted by atomic mass is 9.88. The van der Waals surface area contributed by atoms with Gasteiger partial charge in [-0.15, -0.1) is 0 Å². The topological polar surface area (TPSA) is 61.9 Å². The van der Waals surface area contributed by atoms with E-state index in [1.807, 2.05) is 18.2 Å². The summed E-state index contributed by atoms with van der Waals surface area (Å²) >= 11 is 0. The van der Waals surface area contributed by atoms with Gasteiger partial charge in [0, 0.05) is 25.2 Å². The van der Waals surface area contributed by atoms with E-state index in [-0.39, 0.29) is 12.1 Å². The summed E-state index contributed by atoms with van der Waals surface area (Å²) in [7, 11) is 12.8. The Hall–Kier alpha value is -4.40. The van der Waals surface area contributed by atoms with E-state index in [1.54, 1.807) is 35.5 Å². The van der Waals surface area contributed by atoms with Gasteiger partial charge in [-0.25, -0.2) is 0 Å². The smallest absolute Gasteiger partial charge is 0.169 e. The van der Waals surface area contributed by atoms with E-state index in [1.165, 1.54) is 27.8 Å². The van der Waals surface area contributed by atoms with E-state index in [9.17, 15) is 0 Å². The fourth-order valence-corrected chi connectivity index (χ4v) is 7.01. The molecule has 8 nitrogen and oxygen atoms in total. The predicted molar refractivity (Wildman–Crippen MR) is 184 cm³/mol. The Labute approximate surface area is 278 Å². The molecule has 4 aromatic rings. The van der Waals surface area contributed by atoms with E-state index in [0.717, 1.165) is 61.6 Å². The van der Waals surface area contributed by atoms with Gasteiger partial charge in [0.2, 0.25) is 0 Å². The van der Waals surface area contributed by atoms with E-state index < -0.39 is 0 Å². The molecule has 0 aromatic heterocycles. The number of methoxy groups -OCH3 is 5. The maximum Gasteiger partial charge on any atom is 0.169 e. The maximum absolute atomic E-state index is 6.71. The molecule has 47 heavy (non-hydrogen) atoms. The Bertz CT molecular complexity index is 1710. The van der Waals surface area contributed by atoms with E-state index in [4.69, 9.17) is 28.4 Å². The third kappa shape index (κ3) is 6.71. The minimum Gasteiger partial charge on any atom is -0.497 e. The number of likely N-dealkylation sites (N-methyl/N-ethyl adjacent to an activating group) is 2. The van der Waals surface area contributed by atoms with Gasteiger partial charge in [-0.2, -0.15) is 0 Å². The number of benzene rings is 4. The molecule has 0 aliphatic carbocycles. The fraction of sp³-hybridized carbons (Fsp3) is 0.385. The Balaban J connectivity index is 1.31. The summed E-state index contributed by atoms with van der Waals surface area (Å²) in [5, 5.41) is 0. The van der Waals surface area contributed by atoms with Crippen LogP contribution in [0.25, 0.3) is 0 Å². The van der Waals surface area contributed by atoms with Crippen LogP contribution in [-0.2, 0) is 25.7 Å². The van der Waals surface area contributed by atoms with Gasteiger partial charge in [-0.1, -0.05) is 18.2 Å². The molecule has 248 valence electrons. The standard InChI is InChI=1S/C39H46N2O6/c1-40-16-15-28-22-36(45-6)39(24-31(28)32(40)18-25-8-11-29(42-3)12-9-25)47-38-20-26(10-13-34(38)43-4)19-33-30-23-37(46-7)35(44-5)21-27(30)14-17-41(33)2/h8-13,20-24,32-33H,14-19H2,1-7H3/t32-,33-/m1/s1.